The third kappa shape index (κ3) is 5.20. The van der Waals surface area contributed by atoms with E-state index in [-0.39, 0.29) is 11.2 Å². The average molecular weight is 563 g/mol. The van der Waals surface area contributed by atoms with Gasteiger partial charge in [-0.05, 0) is 55.2 Å². The molecule has 6 rings (SSSR count). The van der Waals surface area contributed by atoms with Crippen molar-refractivity contribution < 1.29 is 9.26 Å². The van der Waals surface area contributed by atoms with Gasteiger partial charge in [0.05, 0.1) is 11.4 Å². The van der Waals surface area contributed by atoms with Crippen molar-refractivity contribution in [1.82, 2.24) is 19.7 Å². The smallest absolute Gasteiger partial charge is 0.439 e. The van der Waals surface area contributed by atoms with Gasteiger partial charge in [0.1, 0.15) is 17.2 Å². The summed E-state index contributed by atoms with van der Waals surface area (Å²) in [4.78, 5) is 33.4. The van der Waals surface area contributed by atoms with Crippen molar-refractivity contribution in [3.8, 4) is 34.0 Å². The average Bonchev–Trinajstić information content (AvgIpc) is 3.55. The van der Waals surface area contributed by atoms with E-state index in [0.717, 1.165) is 75.6 Å². The third-order valence-corrected chi connectivity index (χ3v) is 7.71. The number of aromatic amines is 1. The number of nitrogens with one attached hydrogen (secondary N) is 1. The SMILES string of the molecule is CCCc1nc(CC)n(-c2ccc3c(c2)CC(C)(C)O3)c(=O)c1Cc1ccc(-c2ccccc2-c2noc(=O)[nH]2)cc1. The summed E-state index contributed by atoms with van der Waals surface area (Å²) in [6, 6.07) is 21.8. The predicted molar refractivity (Wildman–Crippen MR) is 162 cm³/mol. The van der Waals surface area contributed by atoms with Crippen molar-refractivity contribution in [1.29, 1.82) is 0 Å². The number of aromatic nitrogens is 4. The molecule has 0 fully saturated rings. The lowest BCUT2D eigenvalue weighted by atomic mass is 9.96. The van der Waals surface area contributed by atoms with Crippen LogP contribution in [0.15, 0.2) is 80.8 Å². The Bertz CT molecular complexity index is 1880. The Labute approximate surface area is 244 Å². The third-order valence-electron chi connectivity index (χ3n) is 7.71. The lowest BCUT2D eigenvalue weighted by Crippen LogP contribution is -2.29. The Balaban J connectivity index is 1.37. The Morgan fingerprint density at radius 2 is 1.74 bits per heavy atom. The van der Waals surface area contributed by atoms with E-state index in [1.165, 1.54) is 0 Å². The minimum absolute atomic E-state index is 0.0205. The molecule has 0 unspecified atom stereocenters. The van der Waals surface area contributed by atoms with Gasteiger partial charge in [0.2, 0.25) is 0 Å². The minimum atomic E-state index is -0.594. The van der Waals surface area contributed by atoms with Crippen LogP contribution in [0.4, 0.5) is 0 Å². The molecule has 42 heavy (non-hydrogen) atoms. The summed E-state index contributed by atoms with van der Waals surface area (Å²) in [7, 11) is 0. The first-order valence-corrected chi connectivity index (χ1v) is 14.5. The van der Waals surface area contributed by atoms with Crippen molar-refractivity contribution >= 4 is 0 Å². The number of H-pyrrole nitrogens is 1. The second-order valence-corrected chi connectivity index (χ2v) is 11.4. The van der Waals surface area contributed by atoms with Gasteiger partial charge < -0.3 is 4.74 Å². The molecule has 0 atom stereocenters. The summed E-state index contributed by atoms with van der Waals surface area (Å²) >= 11 is 0. The largest absolute Gasteiger partial charge is 0.487 e. The van der Waals surface area contributed by atoms with Crippen LogP contribution in [0, 0.1) is 0 Å². The van der Waals surface area contributed by atoms with Gasteiger partial charge >= 0.3 is 5.76 Å². The highest BCUT2D eigenvalue weighted by molar-refractivity contribution is 5.80. The molecule has 1 N–H and O–H groups in total. The predicted octanol–water partition coefficient (Wildman–Crippen LogP) is 6.06. The van der Waals surface area contributed by atoms with E-state index in [1.54, 1.807) is 4.57 Å². The molecule has 0 bridgehead atoms. The maximum Gasteiger partial charge on any atom is 0.439 e. The fraction of sp³-hybridized carbons (Fsp3) is 0.294. The van der Waals surface area contributed by atoms with Crippen molar-refractivity contribution in [2.45, 2.75) is 65.4 Å². The highest BCUT2D eigenvalue weighted by atomic mass is 16.5. The number of benzene rings is 3. The quantitative estimate of drug-likeness (QED) is 0.247. The zero-order chi connectivity index (χ0) is 29.4. The molecule has 3 heterocycles. The molecule has 0 radical (unpaired) electrons. The van der Waals surface area contributed by atoms with Crippen LogP contribution in [-0.4, -0.2) is 25.3 Å². The van der Waals surface area contributed by atoms with E-state index in [0.29, 0.717) is 18.7 Å². The number of ether oxygens (including phenoxy) is 1. The molecule has 8 heteroatoms. The van der Waals surface area contributed by atoms with Crippen molar-refractivity contribution in [3.05, 3.63) is 116 Å². The standard InChI is InChI=1S/C34H34N4O4/c1-5-9-28-27(32(39)38(30(6-2)35-28)24-16-17-29-23(19-24)20-34(3,4)41-29)18-21-12-14-22(15-13-21)25-10-7-8-11-26(25)31-36-33(40)42-37-31/h7-8,10-17,19H,5-6,9,18,20H2,1-4H3,(H,36,37,40). The van der Waals surface area contributed by atoms with E-state index >= 15 is 0 Å². The molecule has 1 aliphatic rings. The summed E-state index contributed by atoms with van der Waals surface area (Å²) in [5, 5.41) is 3.86. The van der Waals surface area contributed by atoms with E-state index in [4.69, 9.17) is 14.2 Å². The molecule has 5 aromatic rings. The van der Waals surface area contributed by atoms with Crippen molar-refractivity contribution in [2.24, 2.45) is 0 Å². The second kappa shape index (κ2) is 10.9. The first-order chi connectivity index (χ1) is 20.3. The Morgan fingerprint density at radius 3 is 2.43 bits per heavy atom. The zero-order valence-electron chi connectivity index (χ0n) is 24.4. The molecule has 0 amide bonds. The zero-order valence-corrected chi connectivity index (χ0v) is 24.4. The van der Waals surface area contributed by atoms with Crippen LogP contribution < -0.4 is 16.1 Å². The number of rotatable bonds is 8. The fourth-order valence-corrected chi connectivity index (χ4v) is 5.80. The van der Waals surface area contributed by atoms with E-state index in [1.807, 2.05) is 67.6 Å². The van der Waals surface area contributed by atoms with Gasteiger partial charge in [-0.25, -0.2) is 9.78 Å². The Morgan fingerprint density at radius 1 is 0.976 bits per heavy atom. The van der Waals surface area contributed by atoms with Crippen molar-refractivity contribution in [2.75, 3.05) is 0 Å². The maximum atomic E-state index is 14.2. The molecule has 3 aromatic carbocycles. The molecular weight excluding hydrogens is 528 g/mol. The number of aryl methyl sites for hydroxylation is 2. The molecule has 8 nitrogen and oxygen atoms in total. The summed E-state index contributed by atoms with van der Waals surface area (Å²) < 4.78 is 12.6. The Kier molecular flexibility index (Phi) is 7.14. The van der Waals surface area contributed by atoms with Crippen LogP contribution in [0.2, 0.25) is 0 Å². The van der Waals surface area contributed by atoms with Crippen LogP contribution in [0.5, 0.6) is 5.75 Å². The first kappa shape index (κ1) is 27.4. The fourth-order valence-electron chi connectivity index (χ4n) is 5.80. The maximum absolute atomic E-state index is 14.2. The summed E-state index contributed by atoms with van der Waals surface area (Å²) in [5.41, 5.74) is 6.91. The van der Waals surface area contributed by atoms with Crippen LogP contribution in [-0.2, 0) is 25.7 Å². The van der Waals surface area contributed by atoms with Gasteiger partial charge in [-0.1, -0.05) is 74.0 Å². The van der Waals surface area contributed by atoms with E-state index < -0.39 is 5.76 Å². The highest BCUT2D eigenvalue weighted by Gasteiger charge is 2.30. The molecule has 0 aliphatic carbocycles. The lowest BCUT2D eigenvalue weighted by molar-refractivity contribution is 0.138. The number of hydrogen-bond donors (Lipinski definition) is 1. The van der Waals surface area contributed by atoms with Gasteiger partial charge in [-0.15, -0.1) is 0 Å². The minimum Gasteiger partial charge on any atom is -0.487 e. The highest BCUT2D eigenvalue weighted by Crippen LogP contribution is 2.36. The van der Waals surface area contributed by atoms with Gasteiger partial charge in [-0.3, -0.25) is 18.9 Å². The normalized spacial score (nSPS) is 13.6. The molecule has 214 valence electrons. The van der Waals surface area contributed by atoms with E-state index in [2.05, 4.69) is 37.0 Å². The topological polar surface area (TPSA) is 103 Å². The van der Waals surface area contributed by atoms with Gasteiger partial charge in [0.25, 0.3) is 5.56 Å². The van der Waals surface area contributed by atoms with E-state index in [9.17, 15) is 9.59 Å². The number of fused-ring (bicyclic) bond motifs is 1. The van der Waals surface area contributed by atoms with Crippen LogP contribution in [0.1, 0.15) is 62.3 Å². The summed E-state index contributed by atoms with van der Waals surface area (Å²) in [5.74, 6) is 1.43. The van der Waals surface area contributed by atoms with Crippen LogP contribution in [0.25, 0.3) is 28.2 Å². The van der Waals surface area contributed by atoms with Gasteiger partial charge in [-0.2, -0.15) is 0 Å². The second-order valence-electron chi connectivity index (χ2n) is 11.4. The molecule has 0 spiro atoms. The molecule has 0 saturated heterocycles. The Hall–Kier alpha value is -4.72. The summed E-state index contributed by atoms with van der Waals surface area (Å²) in [6.07, 6.45) is 3.56. The van der Waals surface area contributed by atoms with Crippen LogP contribution in [0.3, 0.4) is 0 Å². The number of hydrogen-bond acceptors (Lipinski definition) is 6. The molecule has 2 aromatic heterocycles. The first-order valence-electron chi connectivity index (χ1n) is 14.5. The van der Waals surface area contributed by atoms with Gasteiger partial charge in [0, 0.05) is 36.0 Å². The van der Waals surface area contributed by atoms with Crippen molar-refractivity contribution in [3.63, 3.8) is 0 Å². The lowest BCUT2D eigenvalue weighted by Gasteiger charge is -2.17. The van der Waals surface area contributed by atoms with Crippen LogP contribution >= 0.6 is 0 Å². The summed E-state index contributed by atoms with van der Waals surface area (Å²) in [6.45, 7) is 8.31. The molecular formula is C34H34N4O4. The number of nitrogens with zero attached hydrogens (tertiary/aromatic N) is 3. The van der Waals surface area contributed by atoms with Gasteiger partial charge in [0.15, 0.2) is 5.82 Å². The molecule has 1 aliphatic heterocycles. The monoisotopic (exact) mass is 562 g/mol. The molecule has 0 saturated carbocycles.